The topological polar surface area (TPSA) is 72.0 Å². The molecule has 1 heterocycles. The highest BCUT2D eigenvalue weighted by Gasteiger charge is 2.07. The molecule has 6 heteroatoms. The molecule has 2 aromatic carbocycles. The smallest absolute Gasteiger partial charge is 0.244 e. The van der Waals surface area contributed by atoms with Crippen molar-refractivity contribution in [3.63, 3.8) is 0 Å². The zero-order chi connectivity index (χ0) is 17.5. The summed E-state index contributed by atoms with van der Waals surface area (Å²) in [6, 6.07) is 17.8. The van der Waals surface area contributed by atoms with Gasteiger partial charge < -0.3 is 15.4 Å². The minimum absolute atomic E-state index is 0.0922. The van der Waals surface area contributed by atoms with E-state index in [4.69, 9.17) is 4.74 Å². The fourth-order valence-corrected chi connectivity index (χ4v) is 2.28. The SMILES string of the molecule is CC(C)Oc1ccccc1Nc1cnnc(NCc2ccccc2)n1. The summed E-state index contributed by atoms with van der Waals surface area (Å²) in [6.45, 7) is 4.63. The highest BCUT2D eigenvalue weighted by Crippen LogP contribution is 2.27. The second kappa shape index (κ2) is 8.10. The molecule has 0 atom stereocenters. The van der Waals surface area contributed by atoms with E-state index in [1.54, 1.807) is 6.20 Å². The molecule has 3 aromatic rings. The average molecular weight is 335 g/mol. The van der Waals surface area contributed by atoms with E-state index < -0.39 is 0 Å². The molecule has 0 fully saturated rings. The molecule has 0 saturated carbocycles. The number of anilines is 3. The summed E-state index contributed by atoms with van der Waals surface area (Å²) in [5.41, 5.74) is 1.99. The summed E-state index contributed by atoms with van der Waals surface area (Å²) in [4.78, 5) is 4.45. The van der Waals surface area contributed by atoms with Crippen LogP contribution >= 0.6 is 0 Å². The van der Waals surface area contributed by atoms with Gasteiger partial charge in [0.05, 0.1) is 18.0 Å². The van der Waals surface area contributed by atoms with Gasteiger partial charge in [0.15, 0.2) is 5.82 Å². The Hall–Kier alpha value is -3.15. The van der Waals surface area contributed by atoms with Crippen molar-refractivity contribution in [1.82, 2.24) is 15.2 Å². The largest absolute Gasteiger partial charge is 0.489 e. The first-order valence-electron chi connectivity index (χ1n) is 8.21. The van der Waals surface area contributed by atoms with Crippen molar-refractivity contribution >= 4 is 17.5 Å². The maximum atomic E-state index is 5.81. The molecule has 3 rings (SSSR count). The minimum Gasteiger partial charge on any atom is -0.489 e. The Labute approximate surface area is 147 Å². The number of rotatable bonds is 7. The molecule has 25 heavy (non-hydrogen) atoms. The molecule has 6 nitrogen and oxygen atoms in total. The number of nitrogens with zero attached hydrogens (tertiary/aromatic N) is 3. The monoisotopic (exact) mass is 335 g/mol. The molecule has 2 N–H and O–H groups in total. The standard InChI is InChI=1S/C19H21N5O/c1-14(2)25-17-11-7-6-10-16(17)22-18-13-21-24-19(23-18)20-12-15-8-4-3-5-9-15/h3-11,13-14H,12H2,1-2H3,(H2,20,22,23,24). The molecule has 0 aliphatic carbocycles. The summed E-state index contributed by atoms with van der Waals surface area (Å²) in [5.74, 6) is 1.84. The molecule has 0 aliphatic rings. The average Bonchev–Trinajstić information content (AvgIpc) is 2.62. The van der Waals surface area contributed by atoms with Gasteiger partial charge in [0.1, 0.15) is 5.75 Å². The lowest BCUT2D eigenvalue weighted by Gasteiger charge is -2.15. The van der Waals surface area contributed by atoms with Crippen molar-refractivity contribution in [3.8, 4) is 5.75 Å². The molecule has 0 bridgehead atoms. The summed E-state index contributed by atoms with van der Waals surface area (Å²) in [6.07, 6.45) is 1.68. The highest BCUT2D eigenvalue weighted by molar-refractivity contribution is 5.64. The van der Waals surface area contributed by atoms with Gasteiger partial charge in [-0.05, 0) is 31.5 Å². The molecule has 0 spiro atoms. The van der Waals surface area contributed by atoms with Crippen molar-refractivity contribution in [3.05, 3.63) is 66.4 Å². The first-order valence-corrected chi connectivity index (χ1v) is 8.21. The van der Waals surface area contributed by atoms with E-state index in [0.29, 0.717) is 18.3 Å². The molecule has 0 amide bonds. The minimum atomic E-state index is 0.0922. The predicted molar refractivity (Wildman–Crippen MR) is 99.1 cm³/mol. The van der Waals surface area contributed by atoms with Crippen LogP contribution in [0.2, 0.25) is 0 Å². The molecule has 0 aliphatic heterocycles. The van der Waals surface area contributed by atoms with Crippen molar-refractivity contribution in [2.45, 2.75) is 26.5 Å². The first-order chi connectivity index (χ1) is 12.2. The van der Waals surface area contributed by atoms with Crippen molar-refractivity contribution in [2.75, 3.05) is 10.6 Å². The Balaban J connectivity index is 1.70. The molecule has 1 aromatic heterocycles. The number of para-hydroxylation sites is 2. The number of hydrogen-bond donors (Lipinski definition) is 2. The fraction of sp³-hybridized carbons (Fsp3) is 0.211. The molecule has 0 unspecified atom stereocenters. The zero-order valence-electron chi connectivity index (χ0n) is 14.3. The van der Waals surface area contributed by atoms with Crippen LogP contribution in [0.15, 0.2) is 60.8 Å². The van der Waals surface area contributed by atoms with Crippen LogP contribution in [0.3, 0.4) is 0 Å². The summed E-state index contributed by atoms with van der Waals surface area (Å²) in [5, 5.41) is 14.4. The van der Waals surface area contributed by atoms with E-state index in [9.17, 15) is 0 Å². The van der Waals surface area contributed by atoms with Gasteiger partial charge in [-0.25, -0.2) is 0 Å². The van der Waals surface area contributed by atoms with E-state index in [2.05, 4.69) is 25.8 Å². The van der Waals surface area contributed by atoms with Crippen molar-refractivity contribution in [2.24, 2.45) is 0 Å². The van der Waals surface area contributed by atoms with Crippen LogP contribution in [0.25, 0.3) is 0 Å². The van der Waals surface area contributed by atoms with E-state index in [0.717, 1.165) is 17.0 Å². The van der Waals surface area contributed by atoms with Crippen LogP contribution in [-0.4, -0.2) is 21.3 Å². The van der Waals surface area contributed by atoms with E-state index >= 15 is 0 Å². The lowest BCUT2D eigenvalue weighted by Crippen LogP contribution is -2.09. The van der Waals surface area contributed by atoms with Crippen LogP contribution in [0.4, 0.5) is 17.5 Å². The number of ether oxygens (including phenoxy) is 1. The highest BCUT2D eigenvalue weighted by atomic mass is 16.5. The van der Waals surface area contributed by atoms with Gasteiger partial charge in [-0.3, -0.25) is 0 Å². The summed E-state index contributed by atoms with van der Waals surface area (Å²) in [7, 11) is 0. The Morgan fingerprint density at radius 3 is 2.56 bits per heavy atom. The van der Waals surface area contributed by atoms with Crippen LogP contribution in [0.5, 0.6) is 5.75 Å². The maximum Gasteiger partial charge on any atom is 0.244 e. The molecule has 0 radical (unpaired) electrons. The van der Waals surface area contributed by atoms with Gasteiger partial charge in [0.2, 0.25) is 5.95 Å². The Morgan fingerprint density at radius 2 is 1.76 bits per heavy atom. The van der Waals surface area contributed by atoms with Gasteiger partial charge in [-0.1, -0.05) is 42.5 Å². The van der Waals surface area contributed by atoms with Gasteiger partial charge in [-0.15, -0.1) is 5.10 Å². The Kier molecular flexibility index (Phi) is 5.41. The number of hydrogen-bond acceptors (Lipinski definition) is 6. The molecule has 128 valence electrons. The Morgan fingerprint density at radius 1 is 1.00 bits per heavy atom. The molecular formula is C19H21N5O. The van der Waals surface area contributed by atoms with E-state index in [1.165, 1.54) is 0 Å². The van der Waals surface area contributed by atoms with Crippen LogP contribution in [0.1, 0.15) is 19.4 Å². The lowest BCUT2D eigenvalue weighted by atomic mass is 10.2. The van der Waals surface area contributed by atoms with Crippen molar-refractivity contribution in [1.29, 1.82) is 0 Å². The summed E-state index contributed by atoms with van der Waals surface area (Å²) < 4.78 is 5.81. The van der Waals surface area contributed by atoms with Gasteiger partial charge >= 0.3 is 0 Å². The van der Waals surface area contributed by atoms with Crippen LogP contribution in [-0.2, 0) is 6.54 Å². The van der Waals surface area contributed by atoms with Crippen molar-refractivity contribution < 1.29 is 4.74 Å². The third-order valence-electron chi connectivity index (χ3n) is 3.36. The maximum absolute atomic E-state index is 5.81. The number of nitrogens with one attached hydrogen (secondary N) is 2. The number of benzene rings is 2. The first kappa shape index (κ1) is 16.7. The second-order valence-corrected chi connectivity index (χ2v) is 5.79. The summed E-state index contributed by atoms with van der Waals surface area (Å²) >= 11 is 0. The van der Waals surface area contributed by atoms with E-state index in [1.807, 2.05) is 68.4 Å². The van der Waals surface area contributed by atoms with Crippen LogP contribution in [0, 0.1) is 0 Å². The van der Waals surface area contributed by atoms with Gasteiger partial charge in [-0.2, -0.15) is 10.1 Å². The Bertz CT molecular complexity index is 808. The third-order valence-corrected chi connectivity index (χ3v) is 3.36. The zero-order valence-corrected chi connectivity index (χ0v) is 14.3. The normalized spacial score (nSPS) is 10.5. The fourth-order valence-electron chi connectivity index (χ4n) is 2.28. The van der Waals surface area contributed by atoms with Gasteiger partial charge in [0, 0.05) is 6.54 Å². The number of aromatic nitrogens is 3. The molecular weight excluding hydrogens is 314 g/mol. The predicted octanol–water partition coefficient (Wildman–Crippen LogP) is 4.01. The lowest BCUT2D eigenvalue weighted by molar-refractivity contribution is 0.244. The second-order valence-electron chi connectivity index (χ2n) is 5.79. The van der Waals surface area contributed by atoms with Gasteiger partial charge in [0.25, 0.3) is 0 Å². The van der Waals surface area contributed by atoms with Crippen LogP contribution < -0.4 is 15.4 Å². The quantitative estimate of drug-likeness (QED) is 0.679. The third kappa shape index (κ3) is 4.91. The molecule has 0 saturated heterocycles. The van der Waals surface area contributed by atoms with E-state index in [-0.39, 0.29) is 6.10 Å².